The molecule has 0 aliphatic rings. The van der Waals surface area contributed by atoms with Crippen molar-refractivity contribution in [2.75, 3.05) is 0 Å². The summed E-state index contributed by atoms with van der Waals surface area (Å²) in [7, 11) is 0. The van der Waals surface area contributed by atoms with Crippen molar-refractivity contribution >= 4 is 33.6 Å². The Labute approximate surface area is 107 Å². The maximum absolute atomic E-state index is 5.81. The van der Waals surface area contributed by atoms with Gasteiger partial charge in [-0.2, -0.15) is 0 Å². The summed E-state index contributed by atoms with van der Waals surface area (Å²) in [6.07, 6.45) is 0. The molecule has 0 aliphatic heterocycles. The normalized spacial score (nSPS) is 13.9. The van der Waals surface area contributed by atoms with E-state index in [1.54, 1.807) is 6.92 Å². The zero-order valence-electron chi connectivity index (χ0n) is 10.9. The van der Waals surface area contributed by atoms with Crippen molar-refractivity contribution < 1.29 is 0 Å². The molecule has 5 heteroatoms. The van der Waals surface area contributed by atoms with Crippen LogP contribution in [0.3, 0.4) is 0 Å². The predicted octanol–water partition coefficient (Wildman–Crippen LogP) is 1.23. The molecule has 0 saturated heterocycles. The summed E-state index contributed by atoms with van der Waals surface area (Å²) in [5.41, 5.74) is 12.1. The van der Waals surface area contributed by atoms with Crippen molar-refractivity contribution in [3.05, 3.63) is 29.8 Å². The van der Waals surface area contributed by atoms with Crippen LogP contribution in [0, 0.1) is 0 Å². The van der Waals surface area contributed by atoms with Crippen LogP contribution in [0.15, 0.2) is 34.5 Å². The SMILES string of the molecule is C/C(N)=N/N=C(\N)c1cc[c]([Sn]([CH3])([CH3])[CH3])cc1. The number of hydrogen-bond acceptors (Lipinski definition) is 2. The van der Waals surface area contributed by atoms with Crippen LogP contribution in [0.2, 0.25) is 14.8 Å². The molecule has 4 nitrogen and oxygen atoms in total. The molecule has 1 aromatic rings. The second kappa shape index (κ2) is 5.53. The number of rotatable bonds is 3. The van der Waals surface area contributed by atoms with Crippen LogP contribution in [0.1, 0.15) is 12.5 Å². The molecular weight excluding hydrogens is 319 g/mol. The van der Waals surface area contributed by atoms with Crippen LogP contribution in [-0.4, -0.2) is 30.0 Å². The fraction of sp³-hybridized carbons (Fsp3) is 0.333. The van der Waals surface area contributed by atoms with E-state index in [4.69, 9.17) is 11.5 Å². The number of benzene rings is 1. The molecule has 0 unspecified atom stereocenters. The Morgan fingerprint density at radius 1 is 1.00 bits per heavy atom. The first-order valence-electron chi connectivity index (χ1n) is 5.55. The van der Waals surface area contributed by atoms with E-state index >= 15 is 0 Å². The molecule has 17 heavy (non-hydrogen) atoms. The average molecular weight is 339 g/mol. The molecule has 1 aromatic carbocycles. The molecule has 0 amide bonds. The van der Waals surface area contributed by atoms with E-state index in [0.29, 0.717) is 11.7 Å². The first-order chi connectivity index (χ1) is 7.80. The van der Waals surface area contributed by atoms with Crippen molar-refractivity contribution in [2.24, 2.45) is 21.7 Å². The van der Waals surface area contributed by atoms with Gasteiger partial charge >= 0.3 is 107 Å². The molecule has 0 aromatic heterocycles. The van der Waals surface area contributed by atoms with Crippen LogP contribution in [0.4, 0.5) is 0 Å². The summed E-state index contributed by atoms with van der Waals surface area (Å²) in [5, 5.41) is 7.60. The Balaban J connectivity index is 2.96. The van der Waals surface area contributed by atoms with Gasteiger partial charge in [0.1, 0.15) is 0 Å². The van der Waals surface area contributed by atoms with Crippen LogP contribution >= 0.6 is 0 Å². The van der Waals surface area contributed by atoms with Crippen molar-refractivity contribution in [3.8, 4) is 0 Å². The van der Waals surface area contributed by atoms with Gasteiger partial charge in [-0.05, 0) is 0 Å². The Kier molecular flexibility index (Phi) is 4.56. The van der Waals surface area contributed by atoms with Crippen LogP contribution < -0.4 is 15.0 Å². The Morgan fingerprint density at radius 3 is 1.94 bits per heavy atom. The van der Waals surface area contributed by atoms with E-state index in [1.165, 1.54) is 3.58 Å². The van der Waals surface area contributed by atoms with Crippen LogP contribution in [0.25, 0.3) is 0 Å². The maximum atomic E-state index is 5.81. The molecule has 1 rings (SSSR count). The molecule has 0 fully saturated rings. The zero-order chi connectivity index (χ0) is 13.1. The summed E-state index contributed by atoms with van der Waals surface area (Å²) < 4.78 is 1.47. The number of nitrogens with two attached hydrogens (primary N) is 2. The van der Waals surface area contributed by atoms with E-state index in [9.17, 15) is 0 Å². The van der Waals surface area contributed by atoms with E-state index in [-0.39, 0.29) is 0 Å². The quantitative estimate of drug-likeness (QED) is 0.376. The van der Waals surface area contributed by atoms with Gasteiger partial charge in [-0.15, -0.1) is 0 Å². The third-order valence-corrected chi connectivity index (χ3v) is 8.26. The van der Waals surface area contributed by atoms with Crippen molar-refractivity contribution in [2.45, 2.75) is 21.7 Å². The van der Waals surface area contributed by atoms with E-state index in [1.807, 2.05) is 12.1 Å². The molecule has 0 bridgehead atoms. The Morgan fingerprint density at radius 2 is 1.53 bits per heavy atom. The monoisotopic (exact) mass is 340 g/mol. The van der Waals surface area contributed by atoms with Gasteiger partial charge < -0.3 is 0 Å². The van der Waals surface area contributed by atoms with Crippen molar-refractivity contribution in [1.82, 2.24) is 0 Å². The van der Waals surface area contributed by atoms with Crippen molar-refractivity contribution in [1.29, 1.82) is 0 Å². The van der Waals surface area contributed by atoms with Gasteiger partial charge in [-0.3, -0.25) is 0 Å². The Hall–Kier alpha value is -1.04. The first-order valence-corrected chi connectivity index (χ1v) is 15.5. The van der Waals surface area contributed by atoms with Crippen LogP contribution in [-0.2, 0) is 0 Å². The van der Waals surface area contributed by atoms with Crippen LogP contribution in [0.5, 0.6) is 0 Å². The van der Waals surface area contributed by atoms with Gasteiger partial charge in [0.15, 0.2) is 0 Å². The van der Waals surface area contributed by atoms with Gasteiger partial charge in [-0.1, -0.05) is 0 Å². The van der Waals surface area contributed by atoms with Gasteiger partial charge in [0.05, 0.1) is 0 Å². The molecule has 4 N–H and O–H groups in total. The first kappa shape index (κ1) is 14.0. The molecule has 0 heterocycles. The summed E-state index contributed by atoms with van der Waals surface area (Å²) in [5.74, 6) is 0.793. The zero-order valence-corrected chi connectivity index (χ0v) is 13.7. The third kappa shape index (κ3) is 4.38. The fourth-order valence-corrected chi connectivity index (χ4v) is 4.66. The second-order valence-corrected chi connectivity index (χ2v) is 19.5. The van der Waals surface area contributed by atoms with E-state index in [2.05, 4.69) is 37.2 Å². The summed E-state index contributed by atoms with van der Waals surface area (Å²) in [4.78, 5) is 7.13. The summed E-state index contributed by atoms with van der Waals surface area (Å²) in [6, 6.07) is 8.29. The molecule has 0 aliphatic carbocycles. The number of hydrogen-bond donors (Lipinski definition) is 2. The van der Waals surface area contributed by atoms with Gasteiger partial charge in [0.25, 0.3) is 0 Å². The molecule has 0 saturated carbocycles. The molecule has 0 radical (unpaired) electrons. The minimum atomic E-state index is -1.97. The molecular formula is C12H20N4Sn. The molecule has 0 spiro atoms. The summed E-state index contributed by atoms with van der Waals surface area (Å²) in [6.45, 7) is 1.67. The predicted molar refractivity (Wildman–Crippen MR) is 77.4 cm³/mol. The van der Waals surface area contributed by atoms with Gasteiger partial charge in [0, 0.05) is 0 Å². The topological polar surface area (TPSA) is 76.8 Å². The van der Waals surface area contributed by atoms with Crippen molar-refractivity contribution in [3.63, 3.8) is 0 Å². The molecule has 92 valence electrons. The van der Waals surface area contributed by atoms with E-state index in [0.717, 1.165) is 5.56 Å². The standard InChI is InChI=1S/C9H11N4.3CH3.Sn/c1-7(10)12-13-9(11)8-5-3-2-4-6-8;;;;/h3-6H,1H3,(H2,10,12)(H2,11,13);3*1H3;. The van der Waals surface area contributed by atoms with Gasteiger partial charge in [-0.25, -0.2) is 0 Å². The van der Waals surface area contributed by atoms with Gasteiger partial charge in [0.2, 0.25) is 0 Å². The fourth-order valence-electron chi connectivity index (χ4n) is 1.33. The second-order valence-electron chi connectivity index (χ2n) is 5.05. The minimum absolute atomic E-state index is 0.394. The third-order valence-electron chi connectivity index (χ3n) is 2.36. The molecule has 0 atom stereocenters. The average Bonchev–Trinajstić information content (AvgIpc) is 2.25. The number of nitrogens with zero attached hydrogens (tertiary/aromatic N) is 2. The number of amidine groups is 2. The summed E-state index contributed by atoms with van der Waals surface area (Å²) >= 11 is -1.97. The van der Waals surface area contributed by atoms with E-state index < -0.39 is 18.4 Å². The Bertz CT molecular complexity index is 437.